The second-order valence-corrected chi connectivity index (χ2v) is 5.76. The molecule has 1 fully saturated rings. The zero-order valence-electron chi connectivity index (χ0n) is 10.6. The Kier molecular flexibility index (Phi) is 2.11. The summed E-state index contributed by atoms with van der Waals surface area (Å²) >= 11 is 0. The van der Waals surface area contributed by atoms with Gasteiger partial charge in [-0.1, -0.05) is 12.1 Å². The first-order valence-corrected chi connectivity index (χ1v) is 6.69. The van der Waals surface area contributed by atoms with Crippen LogP contribution in [0.4, 0.5) is 0 Å². The number of fused-ring (bicyclic) bond motifs is 2. The van der Waals surface area contributed by atoms with Crippen molar-refractivity contribution in [2.75, 3.05) is 20.2 Å². The minimum Gasteiger partial charge on any atom is -0.396 e. The van der Waals surface area contributed by atoms with Crippen LogP contribution in [-0.2, 0) is 6.42 Å². The molecule has 3 nitrogen and oxygen atoms in total. The number of hydrogen-bond donors (Lipinski definition) is 2. The van der Waals surface area contributed by atoms with Crippen molar-refractivity contribution < 1.29 is 5.11 Å². The van der Waals surface area contributed by atoms with Gasteiger partial charge in [-0.2, -0.15) is 0 Å². The highest BCUT2D eigenvalue weighted by Gasteiger charge is 2.43. The fourth-order valence-corrected chi connectivity index (χ4v) is 4.07. The van der Waals surface area contributed by atoms with Crippen molar-refractivity contribution in [1.29, 1.82) is 0 Å². The molecular formula is C15H18N2O. The molecule has 0 bridgehead atoms. The molecule has 3 unspecified atom stereocenters. The highest BCUT2D eigenvalue weighted by molar-refractivity contribution is 5.88. The maximum atomic E-state index is 9.64. The Morgan fingerprint density at radius 1 is 1.44 bits per heavy atom. The monoisotopic (exact) mass is 242 g/mol. The number of H-pyrrole nitrogens is 1. The Labute approximate surface area is 106 Å². The van der Waals surface area contributed by atoms with Crippen LogP contribution in [0.5, 0.6) is 0 Å². The van der Waals surface area contributed by atoms with E-state index in [0.29, 0.717) is 24.5 Å². The van der Waals surface area contributed by atoms with Crippen molar-refractivity contribution in [1.82, 2.24) is 9.88 Å². The molecule has 94 valence electrons. The number of benzene rings is 1. The van der Waals surface area contributed by atoms with Crippen LogP contribution in [0.2, 0.25) is 0 Å². The molecule has 0 spiro atoms. The van der Waals surface area contributed by atoms with Crippen molar-refractivity contribution in [2.45, 2.75) is 18.4 Å². The Bertz CT molecular complexity index is 604. The fraction of sp³-hybridized carbons (Fsp3) is 0.467. The van der Waals surface area contributed by atoms with E-state index in [2.05, 4.69) is 41.3 Å². The molecule has 3 atom stereocenters. The zero-order valence-corrected chi connectivity index (χ0v) is 10.6. The number of nitrogens with one attached hydrogen (secondary N) is 1. The van der Waals surface area contributed by atoms with E-state index >= 15 is 0 Å². The third kappa shape index (κ3) is 1.21. The first-order chi connectivity index (χ1) is 8.79. The Morgan fingerprint density at radius 2 is 2.33 bits per heavy atom. The second-order valence-electron chi connectivity index (χ2n) is 5.76. The number of aromatic nitrogens is 1. The molecule has 18 heavy (non-hydrogen) atoms. The molecule has 1 aromatic carbocycles. The Hall–Kier alpha value is -1.32. The van der Waals surface area contributed by atoms with Gasteiger partial charge in [0.15, 0.2) is 0 Å². The summed E-state index contributed by atoms with van der Waals surface area (Å²) in [5, 5.41) is 11.1. The summed E-state index contributed by atoms with van der Waals surface area (Å²) in [7, 11) is 2.19. The lowest BCUT2D eigenvalue weighted by molar-refractivity contribution is 0.219. The first kappa shape index (κ1) is 10.6. The lowest BCUT2D eigenvalue weighted by Crippen LogP contribution is -2.32. The average molecular weight is 242 g/mol. The van der Waals surface area contributed by atoms with Gasteiger partial charge in [0, 0.05) is 48.1 Å². The number of aliphatic hydroxyl groups excluding tert-OH is 1. The van der Waals surface area contributed by atoms with Gasteiger partial charge in [0.05, 0.1) is 0 Å². The highest BCUT2D eigenvalue weighted by atomic mass is 16.3. The molecule has 2 heterocycles. The van der Waals surface area contributed by atoms with Crippen LogP contribution >= 0.6 is 0 Å². The quantitative estimate of drug-likeness (QED) is 0.799. The van der Waals surface area contributed by atoms with Gasteiger partial charge < -0.3 is 15.0 Å². The maximum absolute atomic E-state index is 9.64. The molecule has 2 aromatic rings. The highest BCUT2D eigenvalue weighted by Crippen LogP contribution is 2.46. The average Bonchev–Trinajstić information content (AvgIpc) is 2.94. The van der Waals surface area contributed by atoms with Crippen LogP contribution in [0.3, 0.4) is 0 Å². The van der Waals surface area contributed by atoms with Crippen LogP contribution < -0.4 is 0 Å². The van der Waals surface area contributed by atoms with Gasteiger partial charge in [-0.15, -0.1) is 0 Å². The van der Waals surface area contributed by atoms with Crippen molar-refractivity contribution >= 4 is 10.9 Å². The largest absolute Gasteiger partial charge is 0.396 e. The van der Waals surface area contributed by atoms with E-state index in [-0.39, 0.29) is 0 Å². The molecule has 2 N–H and O–H groups in total. The fourth-order valence-electron chi connectivity index (χ4n) is 4.07. The van der Waals surface area contributed by atoms with Crippen LogP contribution in [0.25, 0.3) is 10.9 Å². The standard InChI is InChI=1S/C15H18N2O/c1-17-7-10(8-18)15-11-3-2-4-12-14(11)9(6-16-12)5-13(15)17/h2-4,6,10,13,15-16,18H,5,7-8H2,1H3. The smallest absolute Gasteiger partial charge is 0.0477 e. The SMILES string of the molecule is CN1CC(CO)C2c3cccc4[nH]cc(c34)CC21. The molecule has 1 aliphatic heterocycles. The van der Waals surface area contributed by atoms with Crippen LogP contribution in [0.15, 0.2) is 24.4 Å². The summed E-state index contributed by atoms with van der Waals surface area (Å²) in [6.45, 7) is 1.30. The van der Waals surface area contributed by atoms with E-state index in [1.54, 1.807) is 0 Å². The molecule has 0 radical (unpaired) electrons. The number of nitrogens with zero attached hydrogens (tertiary/aromatic N) is 1. The summed E-state index contributed by atoms with van der Waals surface area (Å²) in [4.78, 5) is 5.79. The van der Waals surface area contributed by atoms with E-state index < -0.39 is 0 Å². The first-order valence-electron chi connectivity index (χ1n) is 6.69. The summed E-state index contributed by atoms with van der Waals surface area (Å²) in [6, 6.07) is 7.08. The van der Waals surface area contributed by atoms with E-state index in [0.717, 1.165) is 13.0 Å². The molecule has 0 saturated carbocycles. The van der Waals surface area contributed by atoms with E-state index in [9.17, 15) is 5.11 Å². The van der Waals surface area contributed by atoms with Gasteiger partial charge in [-0.05, 0) is 30.7 Å². The summed E-state index contributed by atoms with van der Waals surface area (Å²) < 4.78 is 0. The lowest BCUT2D eigenvalue weighted by Gasteiger charge is -2.31. The van der Waals surface area contributed by atoms with Crippen molar-refractivity contribution in [3.8, 4) is 0 Å². The molecule has 0 amide bonds. The number of aliphatic hydroxyl groups is 1. The summed E-state index contributed by atoms with van der Waals surface area (Å²) in [6.07, 6.45) is 3.26. The van der Waals surface area contributed by atoms with Crippen molar-refractivity contribution in [3.05, 3.63) is 35.5 Å². The molecule has 4 rings (SSSR count). The normalized spacial score (nSPS) is 30.9. The number of likely N-dealkylation sites (tertiary alicyclic amines) is 1. The second kappa shape index (κ2) is 3.59. The van der Waals surface area contributed by atoms with E-state index in [1.807, 2.05) is 0 Å². The van der Waals surface area contributed by atoms with Gasteiger partial charge >= 0.3 is 0 Å². The van der Waals surface area contributed by atoms with Crippen molar-refractivity contribution in [2.24, 2.45) is 5.92 Å². The minimum atomic E-state index is 0.293. The van der Waals surface area contributed by atoms with Gasteiger partial charge in [0.25, 0.3) is 0 Å². The van der Waals surface area contributed by atoms with Gasteiger partial charge in [-0.3, -0.25) is 0 Å². The predicted octanol–water partition coefficient (Wildman–Crippen LogP) is 1.73. The lowest BCUT2D eigenvalue weighted by atomic mass is 9.76. The zero-order chi connectivity index (χ0) is 12.3. The number of rotatable bonds is 1. The Morgan fingerprint density at radius 3 is 3.17 bits per heavy atom. The van der Waals surface area contributed by atoms with E-state index in [4.69, 9.17) is 0 Å². The molecule has 3 heteroatoms. The Balaban J connectivity index is 1.95. The molecule has 1 aromatic heterocycles. The topological polar surface area (TPSA) is 39.3 Å². The third-order valence-corrected chi connectivity index (χ3v) is 4.85. The number of hydrogen-bond acceptors (Lipinski definition) is 2. The summed E-state index contributed by atoms with van der Waals surface area (Å²) in [5.41, 5.74) is 4.11. The van der Waals surface area contributed by atoms with Gasteiger partial charge in [0.1, 0.15) is 0 Å². The molecule has 1 saturated heterocycles. The van der Waals surface area contributed by atoms with E-state index in [1.165, 1.54) is 22.0 Å². The summed E-state index contributed by atoms with van der Waals surface area (Å²) in [5.74, 6) is 0.876. The predicted molar refractivity (Wildman–Crippen MR) is 71.7 cm³/mol. The molecular weight excluding hydrogens is 224 g/mol. The van der Waals surface area contributed by atoms with Crippen LogP contribution in [-0.4, -0.2) is 41.2 Å². The molecule has 1 aliphatic carbocycles. The number of likely N-dealkylation sites (N-methyl/N-ethyl adjacent to an activating group) is 1. The molecule has 2 aliphatic rings. The van der Waals surface area contributed by atoms with Crippen molar-refractivity contribution in [3.63, 3.8) is 0 Å². The van der Waals surface area contributed by atoms with Gasteiger partial charge in [-0.25, -0.2) is 0 Å². The number of aromatic amines is 1. The van der Waals surface area contributed by atoms with Crippen LogP contribution in [0, 0.1) is 5.92 Å². The third-order valence-electron chi connectivity index (χ3n) is 4.85. The maximum Gasteiger partial charge on any atom is 0.0477 e. The minimum absolute atomic E-state index is 0.293. The van der Waals surface area contributed by atoms with Crippen LogP contribution in [0.1, 0.15) is 17.0 Å². The van der Waals surface area contributed by atoms with Gasteiger partial charge in [0.2, 0.25) is 0 Å².